The Morgan fingerprint density at radius 2 is 1.74 bits per heavy atom. The van der Waals surface area contributed by atoms with E-state index in [1.165, 1.54) is 12.1 Å². The third-order valence-corrected chi connectivity index (χ3v) is 3.04. The molecule has 0 radical (unpaired) electrons. The Kier molecular flexibility index (Phi) is 3.95. The summed E-state index contributed by atoms with van der Waals surface area (Å²) < 4.78 is 13.5. The molecule has 98 valence electrons. The van der Waals surface area contributed by atoms with Crippen molar-refractivity contribution in [2.75, 3.05) is 0 Å². The molecular weight excluding hydrogens is 241 g/mol. The van der Waals surface area contributed by atoms with Crippen LogP contribution in [0.3, 0.4) is 0 Å². The molecule has 1 atom stereocenters. The molecule has 19 heavy (non-hydrogen) atoms. The lowest BCUT2D eigenvalue weighted by atomic mass is 10.1. The van der Waals surface area contributed by atoms with Crippen molar-refractivity contribution in [3.8, 4) is 0 Å². The standard InChI is InChI=1S/C16H16FNO/c1-11-7-9-13(10-8-11)12(2)18-16(19)14-5-3-4-6-15(14)17/h3-10,12H,1-2H3,(H,18,19)/t12-/m0/s1. The van der Waals surface area contributed by atoms with Gasteiger partial charge in [-0.2, -0.15) is 0 Å². The third-order valence-electron chi connectivity index (χ3n) is 3.04. The lowest BCUT2D eigenvalue weighted by molar-refractivity contribution is 0.0936. The summed E-state index contributed by atoms with van der Waals surface area (Å²) in [7, 11) is 0. The van der Waals surface area contributed by atoms with Crippen LogP contribution in [0.2, 0.25) is 0 Å². The van der Waals surface area contributed by atoms with E-state index in [9.17, 15) is 9.18 Å². The molecule has 2 rings (SSSR count). The molecule has 0 aliphatic rings. The van der Waals surface area contributed by atoms with Crippen molar-refractivity contribution >= 4 is 5.91 Å². The molecular formula is C16H16FNO. The SMILES string of the molecule is Cc1ccc([C@H](C)NC(=O)c2ccccc2F)cc1. The Morgan fingerprint density at radius 1 is 1.11 bits per heavy atom. The van der Waals surface area contributed by atoms with Crippen LogP contribution in [0.1, 0.15) is 34.5 Å². The van der Waals surface area contributed by atoms with E-state index in [4.69, 9.17) is 0 Å². The Labute approximate surface area is 112 Å². The van der Waals surface area contributed by atoms with E-state index in [2.05, 4.69) is 5.32 Å². The summed E-state index contributed by atoms with van der Waals surface area (Å²) in [5, 5.41) is 2.79. The highest BCUT2D eigenvalue weighted by atomic mass is 19.1. The first-order chi connectivity index (χ1) is 9.08. The van der Waals surface area contributed by atoms with Crippen LogP contribution < -0.4 is 5.32 Å². The first kappa shape index (κ1) is 13.3. The Balaban J connectivity index is 2.11. The molecule has 0 aliphatic carbocycles. The van der Waals surface area contributed by atoms with Crippen molar-refractivity contribution in [3.05, 3.63) is 71.0 Å². The zero-order chi connectivity index (χ0) is 13.8. The predicted molar refractivity (Wildman–Crippen MR) is 73.5 cm³/mol. The molecule has 2 aromatic rings. The summed E-state index contributed by atoms with van der Waals surface area (Å²) >= 11 is 0. The molecule has 0 fully saturated rings. The van der Waals surface area contributed by atoms with Crippen LogP contribution >= 0.6 is 0 Å². The summed E-state index contributed by atoms with van der Waals surface area (Å²) in [5.74, 6) is -0.901. The topological polar surface area (TPSA) is 29.1 Å². The minimum atomic E-state index is -0.504. The van der Waals surface area contributed by atoms with Gasteiger partial charge in [-0.1, -0.05) is 42.0 Å². The van der Waals surface area contributed by atoms with Crippen molar-refractivity contribution in [3.63, 3.8) is 0 Å². The van der Waals surface area contributed by atoms with Crippen LogP contribution in [0.25, 0.3) is 0 Å². The lowest BCUT2D eigenvalue weighted by Crippen LogP contribution is -2.27. The molecule has 2 aromatic carbocycles. The van der Waals surface area contributed by atoms with Crippen molar-refractivity contribution in [2.45, 2.75) is 19.9 Å². The molecule has 0 heterocycles. The molecule has 0 bridgehead atoms. The monoisotopic (exact) mass is 257 g/mol. The number of carbonyl (C=O) groups is 1. The summed E-state index contributed by atoms with van der Waals surface area (Å²) in [4.78, 5) is 12.0. The van der Waals surface area contributed by atoms with Gasteiger partial charge in [0.05, 0.1) is 11.6 Å². The second-order valence-electron chi connectivity index (χ2n) is 4.59. The molecule has 0 saturated carbocycles. The smallest absolute Gasteiger partial charge is 0.254 e. The average Bonchev–Trinajstić information content (AvgIpc) is 2.39. The van der Waals surface area contributed by atoms with E-state index < -0.39 is 11.7 Å². The highest BCUT2D eigenvalue weighted by Gasteiger charge is 2.14. The number of carbonyl (C=O) groups excluding carboxylic acids is 1. The minimum absolute atomic E-state index is 0.0708. The number of nitrogens with one attached hydrogen (secondary N) is 1. The third kappa shape index (κ3) is 3.19. The van der Waals surface area contributed by atoms with Crippen LogP contribution in [0, 0.1) is 12.7 Å². The average molecular weight is 257 g/mol. The number of hydrogen-bond donors (Lipinski definition) is 1. The fourth-order valence-electron chi connectivity index (χ4n) is 1.86. The molecule has 0 spiro atoms. The van der Waals surface area contributed by atoms with Crippen molar-refractivity contribution in [2.24, 2.45) is 0 Å². The largest absolute Gasteiger partial charge is 0.345 e. The Bertz CT molecular complexity index is 578. The first-order valence-corrected chi connectivity index (χ1v) is 6.20. The summed E-state index contributed by atoms with van der Waals surface area (Å²) in [5.41, 5.74) is 2.23. The van der Waals surface area contributed by atoms with Crippen LogP contribution in [-0.4, -0.2) is 5.91 Å². The van der Waals surface area contributed by atoms with Gasteiger partial charge in [0, 0.05) is 0 Å². The van der Waals surface area contributed by atoms with Gasteiger partial charge in [0.15, 0.2) is 0 Å². The number of aryl methyl sites for hydroxylation is 1. The van der Waals surface area contributed by atoms with Gasteiger partial charge in [-0.3, -0.25) is 4.79 Å². The van der Waals surface area contributed by atoms with E-state index in [1.54, 1.807) is 12.1 Å². The van der Waals surface area contributed by atoms with Crippen molar-refractivity contribution < 1.29 is 9.18 Å². The van der Waals surface area contributed by atoms with Gasteiger partial charge in [0.1, 0.15) is 5.82 Å². The van der Waals surface area contributed by atoms with Crippen LogP contribution in [0.5, 0.6) is 0 Å². The second kappa shape index (κ2) is 5.65. The first-order valence-electron chi connectivity index (χ1n) is 6.20. The normalized spacial score (nSPS) is 11.9. The predicted octanol–water partition coefficient (Wildman–Crippen LogP) is 3.63. The van der Waals surface area contributed by atoms with Crippen LogP contribution in [0.15, 0.2) is 48.5 Å². The number of amides is 1. The van der Waals surface area contributed by atoms with E-state index in [1.807, 2.05) is 38.1 Å². The summed E-state index contributed by atoms with van der Waals surface area (Å²) in [6.45, 7) is 3.88. The minimum Gasteiger partial charge on any atom is -0.345 e. The molecule has 0 saturated heterocycles. The van der Waals surface area contributed by atoms with Crippen molar-refractivity contribution in [1.29, 1.82) is 0 Å². The number of benzene rings is 2. The molecule has 1 N–H and O–H groups in total. The van der Waals surface area contributed by atoms with E-state index in [-0.39, 0.29) is 11.6 Å². The van der Waals surface area contributed by atoms with Crippen molar-refractivity contribution in [1.82, 2.24) is 5.32 Å². The molecule has 0 aliphatic heterocycles. The quantitative estimate of drug-likeness (QED) is 0.893. The van der Waals surface area contributed by atoms with Gasteiger partial charge >= 0.3 is 0 Å². The van der Waals surface area contributed by atoms with Crippen LogP contribution in [-0.2, 0) is 0 Å². The van der Waals surface area contributed by atoms with Gasteiger partial charge in [-0.15, -0.1) is 0 Å². The highest BCUT2D eigenvalue weighted by Crippen LogP contribution is 2.14. The van der Waals surface area contributed by atoms with Gasteiger partial charge in [0.2, 0.25) is 0 Å². The van der Waals surface area contributed by atoms with Gasteiger partial charge < -0.3 is 5.32 Å². The van der Waals surface area contributed by atoms with E-state index in [0.717, 1.165) is 11.1 Å². The zero-order valence-electron chi connectivity index (χ0n) is 11.0. The lowest BCUT2D eigenvalue weighted by Gasteiger charge is -2.14. The fourth-order valence-corrected chi connectivity index (χ4v) is 1.86. The van der Waals surface area contributed by atoms with Crippen LogP contribution in [0.4, 0.5) is 4.39 Å². The molecule has 0 aromatic heterocycles. The molecule has 0 unspecified atom stereocenters. The number of rotatable bonds is 3. The van der Waals surface area contributed by atoms with E-state index in [0.29, 0.717) is 0 Å². The maximum absolute atomic E-state index is 13.5. The maximum Gasteiger partial charge on any atom is 0.254 e. The van der Waals surface area contributed by atoms with Gasteiger partial charge in [-0.05, 0) is 31.5 Å². The van der Waals surface area contributed by atoms with Gasteiger partial charge in [-0.25, -0.2) is 4.39 Å². The van der Waals surface area contributed by atoms with E-state index >= 15 is 0 Å². The maximum atomic E-state index is 13.5. The molecule has 2 nitrogen and oxygen atoms in total. The second-order valence-corrected chi connectivity index (χ2v) is 4.59. The fraction of sp³-hybridized carbons (Fsp3) is 0.188. The number of hydrogen-bond acceptors (Lipinski definition) is 1. The zero-order valence-corrected chi connectivity index (χ0v) is 11.0. The molecule has 3 heteroatoms. The summed E-state index contributed by atoms with van der Waals surface area (Å²) in [6, 6.07) is 13.7. The molecule has 1 amide bonds. The Morgan fingerprint density at radius 3 is 2.37 bits per heavy atom. The highest BCUT2D eigenvalue weighted by molar-refractivity contribution is 5.94. The summed E-state index contributed by atoms with van der Waals surface area (Å²) in [6.07, 6.45) is 0. The Hall–Kier alpha value is -2.16. The number of halogens is 1. The van der Waals surface area contributed by atoms with Gasteiger partial charge in [0.25, 0.3) is 5.91 Å².